The number of aromatic nitrogens is 2. The summed E-state index contributed by atoms with van der Waals surface area (Å²) in [4.78, 5) is 30.9. The highest BCUT2D eigenvalue weighted by Crippen LogP contribution is 2.28. The van der Waals surface area contributed by atoms with Crippen LogP contribution in [0.4, 0.5) is 0 Å². The molecule has 2 aromatic carbocycles. The number of carbonyl (C=O) groups is 1. The summed E-state index contributed by atoms with van der Waals surface area (Å²) in [6.45, 7) is 2.28. The van der Waals surface area contributed by atoms with Crippen molar-refractivity contribution in [2.45, 2.75) is 13.5 Å². The van der Waals surface area contributed by atoms with Gasteiger partial charge in [0, 0.05) is 10.0 Å². The minimum absolute atomic E-state index is 0.0914. The molecular weight excluding hydrogens is 471 g/mol. The van der Waals surface area contributed by atoms with Gasteiger partial charge in [-0.1, -0.05) is 47.5 Å². The maximum Gasteiger partial charge on any atom is 0.348 e. The van der Waals surface area contributed by atoms with Crippen molar-refractivity contribution in [3.8, 4) is 5.75 Å². The molecule has 6 nitrogen and oxygen atoms in total. The Bertz CT molecular complexity index is 1340. The van der Waals surface area contributed by atoms with Gasteiger partial charge in [0.05, 0.1) is 18.3 Å². The molecule has 0 radical (unpaired) electrons. The van der Waals surface area contributed by atoms with Crippen molar-refractivity contribution in [2.75, 3.05) is 13.2 Å². The van der Waals surface area contributed by atoms with Gasteiger partial charge in [-0.2, -0.15) is 0 Å². The molecule has 0 atom stereocenters. The molecule has 0 aliphatic rings. The summed E-state index contributed by atoms with van der Waals surface area (Å²) in [6.07, 6.45) is 1.45. The van der Waals surface area contributed by atoms with Gasteiger partial charge in [-0.25, -0.2) is 9.78 Å². The topological polar surface area (TPSA) is 70.4 Å². The normalized spacial score (nSPS) is 11.0. The zero-order chi connectivity index (χ0) is 22.7. The number of para-hydroxylation sites is 1. The number of esters is 1. The lowest BCUT2D eigenvalue weighted by Gasteiger charge is -2.08. The Labute approximate surface area is 197 Å². The second-order valence-corrected chi connectivity index (χ2v) is 8.79. The number of fused-ring (bicyclic) bond motifs is 1. The highest BCUT2D eigenvalue weighted by atomic mass is 35.5. The molecule has 32 heavy (non-hydrogen) atoms. The minimum Gasteiger partial charge on any atom is -0.490 e. The number of hydrogen-bond acceptors (Lipinski definition) is 6. The van der Waals surface area contributed by atoms with Gasteiger partial charge in [0.1, 0.15) is 28.7 Å². The Morgan fingerprint density at radius 2 is 1.91 bits per heavy atom. The fourth-order valence-electron chi connectivity index (χ4n) is 3.18. The van der Waals surface area contributed by atoms with Crippen LogP contribution in [0.15, 0.2) is 59.7 Å². The number of ether oxygens (including phenoxy) is 2. The van der Waals surface area contributed by atoms with Crippen LogP contribution in [0.25, 0.3) is 10.2 Å². The summed E-state index contributed by atoms with van der Waals surface area (Å²) in [5, 5.41) is 1.38. The van der Waals surface area contributed by atoms with Gasteiger partial charge in [-0.15, -0.1) is 11.3 Å². The van der Waals surface area contributed by atoms with Gasteiger partial charge in [0.2, 0.25) is 0 Å². The molecule has 0 fully saturated rings. The summed E-state index contributed by atoms with van der Waals surface area (Å²) in [6, 6.07) is 14.4. The van der Waals surface area contributed by atoms with E-state index < -0.39 is 5.97 Å². The van der Waals surface area contributed by atoms with Crippen LogP contribution in [-0.2, 0) is 11.3 Å². The van der Waals surface area contributed by atoms with Gasteiger partial charge in [-0.05, 0) is 42.3 Å². The number of halogens is 2. The standard InChI is InChI=1S/C23H18Cl2N2O4S/c1-14-19-21(26-13-27(22(19)28)12-15-7-8-16(24)11-18(15)25)32-20(14)23(29)31-10-9-30-17-5-3-2-4-6-17/h2-8,11,13H,9-10,12H2,1H3. The monoisotopic (exact) mass is 488 g/mol. The van der Waals surface area contributed by atoms with Crippen LogP contribution in [0.1, 0.15) is 20.8 Å². The molecule has 0 spiro atoms. The molecule has 0 saturated heterocycles. The van der Waals surface area contributed by atoms with Gasteiger partial charge in [0.15, 0.2) is 0 Å². The smallest absolute Gasteiger partial charge is 0.348 e. The fourth-order valence-corrected chi connectivity index (χ4v) is 4.68. The molecule has 0 amide bonds. The minimum atomic E-state index is -0.506. The van der Waals surface area contributed by atoms with E-state index in [9.17, 15) is 9.59 Å². The van der Waals surface area contributed by atoms with E-state index in [1.165, 1.54) is 10.9 Å². The predicted octanol–water partition coefficient (Wildman–Crippen LogP) is 5.36. The van der Waals surface area contributed by atoms with Crippen LogP contribution >= 0.6 is 34.5 Å². The van der Waals surface area contributed by atoms with E-state index in [1.54, 1.807) is 25.1 Å². The van der Waals surface area contributed by atoms with Gasteiger partial charge in [0.25, 0.3) is 5.56 Å². The van der Waals surface area contributed by atoms with Crippen molar-refractivity contribution < 1.29 is 14.3 Å². The molecule has 0 unspecified atom stereocenters. The number of hydrogen-bond donors (Lipinski definition) is 0. The Morgan fingerprint density at radius 1 is 1.12 bits per heavy atom. The molecule has 4 rings (SSSR count). The van der Waals surface area contributed by atoms with Crippen molar-refractivity contribution in [1.82, 2.24) is 9.55 Å². The summed E-state index contributed by atoms with van der Waals surface area (Å²) < 4.78 is 12.3. The van der Waals surface area contributed by atoms with E-state index in [2.05, 4.69) is 4.98 Å². The first-order valence-corrected chi connectivity index (χ1v) is 11.3. The number of aryl methyl sites for hydroxylation is 1. The van der Waals surface area contributed by atoms with E-state index in [0.29, 0.717) is 36.5 Å². The summed E-state index contributed by atoms with van der Waals surface area (Å²) in [5.74, 6) is 0.195. The molecule has 2 heterocycles. The van der Waals surface area contributed by atoms with E-state index in [1.807, 2.05) is 30.3 Å². The maximum atomic E-state index is 13.1. The lowest BCUT2D eigenvalue weighted by atomic mass is 10.2. The van der Waals surface area contributed by atoms with Crippen LogP contribution in [0, 0.1) is 6.92 Å². The van der Waals surface area contributed by atoms with Gasteiger partial charge < -0.3 is 9.47 Å². The quantitative estimate of drug-likeness (QED) is 0.258. The molecule has 2 aromatic heterocycles. The van der Waals surface area contributed by atoms with Crippen molar-refractivity contribution >= 4 is 50.7 Å². The third kappa shape index (κ3) is 4.80. The second kappa shape index (κ2) is 9.73. The average molecular weight is 489 g/mol. The number of benzene rings is 2. The van der Waals surface area contributed by atoms with Crippen molar-refractivity contribution in [2.24, 2.45) is 0 Å². The molecule has 0 bridgehead atoms. The van der Waals surface area contributed by atoms with Crippen LogP contribution in [-0.4, -0.2) is 28.7 Å². The maximum absolute atomic E-state index is 13.1. The zero-order valence-corrected chi connectivity index (χ0v) is 19.3. The summed E-state index contributed by atoms with van der Waals surface area (Å²) in [7, 11) is 0. The molecule has 9 heteroatoms. The number of carbonyl (C=O) groups excluding carboxylic acids is 1. The Morgan fingerprint density at radius 3 is 2.66 bits per heavy atom. The predicted molar refractivity (Wildman–Crippen MR) is 126 cm³/mol. The number of nitrogens with zero attached hydrogens (tertiary/aromatic N) is 2. The first-order valence-electron chi connectivity index (χ1n) is 9.71. The molecular formula is C23H18Cl2N2O4S. The van der Waals surface area contributed by atoms with Crippen molar-refractivity contribution in [3.05, 3.63) is 91.3 Å². The van der Waals surface area contributed by atoms with Crippen molar-refractivity contribution in [3.63, 3.8) is 0 Å². The fraction of sp³-hybridized carbons (Fsp3) is 0.174. The van der Waals surface area contributed by atoms with E-state index in [-0.39, 0.29) is 25.3 Å². The molecule has 0 saturated carbocycles. The van der Waals surface area contributed by atoms with E-state index >= 15 is 0 Å². The zero-order valence-electron chi connectivity index (χ0n) is 17.0. The molecule has 164 valence electrons. The van der Waals surface area contributed by atoms with Gasteiger partial charge >= 0.3 is 5.97 Å². The largest absolute Gasteiger partial charge is 0.490 e. The average Bonchev–Trinajstić information content (AvgIpc) is 3.12. The first kappa shape index (κ1) is 22.3. The molecule has 0 N–H and O–H groups in total. The van der Waals surface area contributed by atoms with E-state index in [0.717, 1.165) is 16.9 Å². The Kier molecular flexibility index (Phi) is 6.79. The van der Waals surface area contributed by atoms with Crippen LogP contribution in [0.5, 0.6) is 5.75 Å². The first-order chi connectivity index (χ1) is 15.4. The highest BCUT2D eigenvalue weighted by Gasteiger charge is 2.21. The van der Waals surface area contributed by atoms with Gasteiger partial charge in [-0.3, -0.25) is 9.36 Å². The third-order valence-electron chi connectivity index (χ3n) is 4.79. The van der Waals surface area contributed by atoms with Crippen LogP contribution in [0.2, 0.25) is 10.0 Å². The highest BCUT2D eigenvalue weighted by molar-refractivity contribution is 7.20. The van der Waals surface area contributed by atoms with E-state index in [4.69, 9.17) is 32.7 Å². The molecule has 4 aromatic rings. The SMILES string of the molecule is Cc1c(C(=O)OCCOc2ccccc2)sc2ncn(Cc3ccc(Cl)cc3Cl)c(=O)c12. The van der Waals surface area contributed by atoms with Crippen LogP contribution in [0.3, 0.4) is 0 Å². The third-order valence-corrected chi connectivity index (χ3v) is 6.55. The van der Waals surface area contributed by atoms with Crippen molar-refractivity contribution in [1.29, 1.82) is 0 Å². The second-order valence-electron chi connectivity index (χ2n) is 6.95. The lowest BCUT2D eigenvalue weighted by molar-refractivity contribution is 0.0455. The molecule has 0 aliphatic heterocycles. The van der Waals surface area contributed by atoms with Crippen LogP contribution < -0.4 is 10.3 Å². The Balaban J connectivity index is 1.50. The number of rotatable bonds is 7. The summed E-state index contributed by atoms with van der Waals surface area (Å²) >= 11 is 13.3. The summed E-state index contributed by atoms with van der Waals surface area (Å²) in [5.41, 5.74) is 1.04. The number of thiophene rings is 1. The molecule has 0 aliphatic carbocycles. The lowest BCUT2D eigenvalue weighted by Crippen LogP contribution is -2.21. The Hall–Kier alpha value is -2.87.